The Hall–Kier alpha value is -1.55. The van der Waals surface area contributed by atoms with Gasteiger partial charge >= 0.3 is 0 Å². The molecular formula is C14H22N2O2. The molecule has 0 fully saturated rings. The van der Waals surface area contributed by atoms with Crippen molar-refractivity contribution in [2.24, 2.45) is 0 Å². The zero-order valence-electron chi connectivity index (χ0n) is 11.6. The molecule has 0 bridgehead atoms. The predicted octanol–water partition coefficient (Wildman–Crippen LogP) is 1.65. The zero-order chi connectivity index (χ0) is 13.7. The van der Waals surface area contributed by atoms with Crippen LogP contribution in [0.15, 0.2) is 24.3 Å². The topological polar surface area (TPSA) is 43.8 Å². The normalized spacial score (nSPS) is 12.1. The Labute approximate surface area is 109 Å². The van der Waals surface area contributed by atoms with Crippen molar-refractivity contribution in [3.05, 3.63) is 29.8 Å². The van der Waals surface area contributed by atoms with Crippen LogP contribution in [0.1, 0.15) is 25.0 Å². The summed E-state index contributed by atoms with van der Waals surface area (Å²) in [5.41, 5.74) is 1.88. The number of rotatable bonds is 5. The van der Waals surface area contributed by atoms with Gasteiger partial charge in [-0.25, -0.2) is 0 Å². The number of hydrogen-bond acceptors (Lipinski definition) is 3. The Kier molecular flexibility index (Phi) is 5.16. The van der Waals surface area contributed by atoms with Gasteiger partial charge in [0.2, 0.25) is 5.91 Å². The minimum atomic E-state index is -0.409. The number of amides is 1. The molecule has 1 rings (SSSR count). The van der Waals surface area contributed by atoms with Gasteiger partial charge < -0.3 is 14.9 Å². The third-order valence-electron chi connectivity index (χ3n) is 2.98. The van der Waals surface area contributed by atoms with E-state index in [0.29, 0.717) is 13.0 Å². The molecule has 1 atom stereocenters. The first kappa shape index (κ1) is 14.5. The zero-order valence-corrected chi connectivity index (χ0v) is 11.6. The highest BCUT2D eigenvalue weighted by molar-refractivity contribution is 5.80. The molecule has 0 radical (unpaired) electrons. The highest BCUT2D eigenvalue weighted by atomic mass is 16.3. The van der Waals surface area contributed by atoms with Crippen molar-refractivity contribution in [2.45, 2.75) is 19.4 Å². The van der Waals surface area contributed by atoms with Crippen molar-refractivity contribution in [2.75, 3.05) is 32.6 Å². The maximum atomic E-state index is 11.6. The number of carbonyl (C=O) groups is 1. The largest absolute Gasteiger partial charge is 0.388 e. The highest BCUT2D eigenvalue weighted by Gasteiger charge is 2.10. The van der Waals surface area contributed by atoms with Gasteiger partial charge in [-0.1, -0.05) is 19.1 Å². The molecule has 0 saturated heterocycles. The lowest BCUT2D eigenvalue weighted by atomic mass is 10.1. The van der Waals surface area contributed by atoms with Crippen LogP contribution in [0, 0.1) is 0 Å². The monoisotopic (exact) mass is 250 g/mol. The van der Waals surface area contributed by atoms with Crippen LogP contribution in [0.4, 0.5) is 5.69 Å². The van der Waals surface area contributed by atoms with Gasteiger partial charge in [0.15, 0.2) is 0 Å². The Balaban J connectivity index is 2.70. The molecule has 0 heterocycles. The Morgan fingerprint density at radius 1 is 1.22 bits per heavy atom. The van der Waals surface area contributed by atoms with Crippen LogP contribution in [0.2, 0.25) is 0 Å². The molecule has 0 unspecified atom stereocenters. The van der Waals surface area contributed by atoms with E-state index in [9.17, 15) is 9.90 Å². The van der Waals surface area contributed by atoms with Crippen molar-refractivity contribution in [3.8, 4) is 0 Å². The van der Waals surface area contributed by atoms with Crippen LogP contribution in [-0.2, 0) is 4.79 Å². The fraction of sp³-hybridized carbons (Fsp3) is 0.500. The summed E-state index contributed by atoms with van der Waals surface area (Å²) < 4.78 is 0. The van der Waals surface area contributed by atoms with Crippen LogP contribution in [0.3, 0.4) is 0 Å². The molecule has 0 aromatic heterocycles. The summed E-state index contributed by atoms with van der Waals surface area (Å²) in [6.07, 6.45) is 0.293. The summed E-state index contributed by atoms with van der Waals surface area (Å²) in [6, 6.07) is 7.66. The van der Waals surface area contributed by atoms with E-state index in [2.05, 4.69) is 0 Å². The maximum absolute atomic E-state index is 11.6. The van der Waals surface area contributed by atoms with Gasteiger partial charge in [0.05, 0.1) is 12.6 Å². The SMILES string of the molecule is CC[C@@H](O)c1ccc(N(C)CC(=O)N(C)C)cc1. The first-order chi connectivity index (χ1) is 8.45. The van der Waals surface area contributed by atoms with Crippen molar-refractivity contribution in [1.29, 1.82) is 0 Å². The molecule has 1 amide bonds. The third-order valence-corrected chi connectivity index (χ3v) is 2.98. The van der Waals surface area contributed by atoms with Gasteiger partial charge in [0.25, 0.3) is 0 Å². The maximum Gasteiger partial charge on any atom is 0.241 e. The summed E-state index contributed by atoms with van der Waals surface area (Å²) >= 11 is 0. The molecule has 0 aliphatic heterocycles. The van der Waals surface area contributed by atoms with Gasteiger partial charge in [0, 0.05) is 26.8 Å². The molecular weight excluding hydrogens is 228 g/mol. The van der Waals surface area contributed by atoms with Crippen LogP contribution < -0.4 is 4.90 Å². The van der Waals surface area contributed by atoms with E-state index >= 15 is 0 Å². The van der Waals surface area contributed by atoms with Gasteiger partial charge in [-0.15, -0.1) is 0 Å². The second-order valence-corrected chi connectivity index (χ2v) is 4.66. The second kappa shape index (κ2) is 6.40. The van der Waals surface area contributed by atoms with E-state index in [1.807, 2.05) is 43.1 Å². The van der Waals surface area contributed by atoms with Crippen molar-refractivity contribution < 1.29 is 9.90 Å². The number of likely N-dealkylation sites (N-methyl/N-ethyl adjacent to an activating group) is 2. The summed E-state index contributed by atoms with van der Waals surface area (Å²) in [5.74, 6) is 0.0650. The van der Waals surface area contributed by atoms with E-state index in [1.54, 1.807) is 19.0 Å². The fourth-order valence-electron chi connectivity index (χ4n) is 1.62. The summed E-state index contributed by atoms with van der Waals surface area (Å²) in [4.78, 5) is 15.1. The molecule has 4 heteroatoms. The molecule has 0 spiro atoms. The molecule has 1 N–H and O–H groups in total. The minimum Gasteiger partial charge on any atom is -0.388 e. The molecule has 0 saturated carbocycles. The van der Waals surface area contributed by atoms with E-state index in [0.717, 1.165) is 11.3 Å². The number of carbonyl (C=O) groups excluding carboxylic acids is 1. The Morgan fingerprint density at radius 3 is 2.22 bits per heavy atom. The van der Waals surface area contributed by atoms with Crippen LogP contribution in [0.25, 0.3) is 0 Å². The first-order valence-electron chi connectivity index (χ1n) is 6.15. The molecule has 0 aliphatic rings. The lowest BCUT2D eigenvalue weighted by molar-refractivity contribution is -0.127. The summed E-state index contributed by atoms with van der Waals surface area (Å²) in [6.45, 7) is 2.29. The average molecular weight is 250 g/mol. The van der Waals surface area contributed by atoms with E-state index in [4.69, 9.17) is 0 Å². The molecule has 4 nitrogen and oxygen atoms in total. The Morgan fingerprint density at radius 2 is 1.78 bits per heavy atom. The minimum absolute atomic E-state index is 0.0650. The Bertz CT molecular complexity index is 387. The van der Waals surface area contributed by atoms with E-state index in [1.165, 1.54) is 0 Å². The van der Waals surface area contributed by atoms with Crippen molar-refractivity contribution in [1.82, 2.24) is 4.90 Å². The van der Waals surface area contributed by atoms with E-state index in [-0.39, 0.29) is 5.91 Å². The summed E-state index contributed by atoms with van der Waals surface area (Å²) in [7, 11) is 5.38. The number of aliphatic hydroxyl groups excluding tert-OH is 1. The molecule has 18 heavy (non-hydrogen) atoms. The number of aliphatic hydroxyl groups is 1. The first-order valence-corrected chi connectivity index (χ1v) is 6.15. The average Bonchev–Trinajstić information content (AvgIpc) is 2.37. The number of benzene rings is 1. The molecule has 1 aromatic carbocycles. The molecule has 100 valence electrons. The number of anilines is 1. The van der Waals surface area contributed by atoms with Crippen molar-refractivity contribution >= 4 is 11.6 Å². The lowest BCUT2D eigenvalue weighted by Crippen LogP contribution is -2.34. The van der Waals surface area contributed by atoms with E-state index < -0.39 is 6.10 Å². The molecule has 1 aromatic rings. The predicted molar refractivity (Wildman–Crippen MR) is 73.7 cm³/mol. The summed E-state index contributed by atoms with van der Waals surface area (Å²) in [5, 5.41) is 9.70. The fourth-order valence-corrected chi connectivity index (χ4v) is 1.62. The van der Waals surface area contributed by atoms with Gasteiger partial charge in [-0.05, 0) is 24.1 Å². The lowest BCUT2D eigenvalue weighted by Gasteiger charge is -2.21. The quantitative estimate of drug-likeness (QED) is 0.864. The number of nitrogens with zero attached hydrogens (tertiary/aromatic N) is 2. The van der Waals surface area contributed by atoms with Gasteiger partial charge in [-0.3, -0.25) is 4.79 Å². The van der Waals surface area contributed by atoms with Gasteiger partial charge in [0.1, 0.15) is 0 Å². The van der Waals surface area contributed by atoms with Crippen LogP contribution in [-0.4, -0.2) is 43.6 Å². The standard InChI is InChI=1S/C14H22N2O2/c1-5-13(17)11-6-8-12(9-7-11)16(4)10-14(18)15(2)3/h6-9,13,17H,5,10H2,1-4H3/t13-/m1/s1. The second-order valence-electron chi connectivity index (χ2n) is 4.66. The van der Waals surface area contributed by atoms with Gasteiger partial charge in [-0.2, -0.15) is 0 Å². The molecule has 0 aliphatic carbocycles. The highest BCUT2D eigenvalue weighted by Crippen LogP contribution is 2.20. The number of hydrogen-bond donors (Lipinski definition) is 1. The third kappa shape index (κ3) is 3.74. The smallest absolute Gasteiger partial charge is 0.241 e. The van der Waals surface area contributed by atoms with Crippen molar-refractivity contribution in [3.63, 3.8) is 0 Å². The van der Waals surface area contributed by atoms with Crippen LogP contribution in [0.5, 0.6) is 0 Å². The van der Waals surface area contributed by atoms with Crippen LogP contribution >= 0.6 is 0 Å².